The molecule has 2 aromatic carbocycles. The topological polar surface area (TPSA) is 85.6 Å². The van der Waals surface area contributed by atoms with Crippen LogP contribution in [-0.4, -0.2) is 21.9 Å². The zero-order valence-electron chi connectivity index (χ0n) is 16.7. The van der Waals surface area contributed by atoms with Crippen LogP contribution >= 0.6 is 11.3 Å². The van der Waals surface area contributed by atoms with E-state index in [4.69, 9.17) is 9.72 Å². The van der Waals surface area contributed by atoms with Crippen LogP contribution in [0.3, 0.4) is 0 Å². The quantitative estimate of drug-likeness (QED) is 0.412. The molecule has 1 aliphatic heterocycles. The van der Waals surface area contributed by atoms with Crippen LogP contribution in [0, 0.1) is 10.1 Å². The number of carbonyl (C=O) groups is 1. The Morgan fingerprint density at radius 3 is 2.70 bits per heavy atom. The number of anilines is 1. The van der Waals surface area contributed by atoms with Gasteiger partial charge in [0.1, 0.15) is 5.75 Å². The van der Waals surface area contributed by atoms with E-state index in [1.54, 1.807) is 35.3 Å². The van der Waals surface area contributed by atoms with Crippen LogP contribution in [0.25, 0.3) is 11.3 Å². The summed E-state index contributed by atoms with van der Waals surface area (Å²) in [5.41, 5.74) is 3.31. The first-order valence-electron chi connectivity index (χ1n) is 9.76. The van der Waals surface area contributed by atoms with Crippen LogP contribution in [0.1, 0.15) is 30.8 Å². The van der Waals surface area contributed by atoms with E-state index in [-0.39, 0.29) is 11.6 Å². The van der Waals surface area contributed by atoms with Crippen molar-refractivity contribution in [2.75, 3.05) is 4.90 Å². The number of amides is 1. The predicted octanol–water partition coefficient (Wildman–Crippen LogP) is 4.98. The minimum absolute atomic E-state index is 0.0227. The van der Waals surface area contributed by atoms with Crippen molar-refractivity contribution in [1.82, 2.24) is 4.98 Å². The Hall–Kier alpha value is -3.26. The number of aromatic nitrogens is 1. The summed E-state index contributed by atoms with van der Waals surface area (Å²) in [5, 5.41) is 14.0. The molecule has 30 heavy (non-hydrogen) atoms. The van der Waals surface area contributed by atoms with E-state index in [1.165, 1.54) is 12.1 Å². The van der Waals surface area contributed by atoms with E-state index in [9.17, 15) is 14.9 Å². The number of nitrogens with zero attached hydrogens (tertiary/aromatic N) is 3. The average molecular weight is 423 g/mol. The van der Waals surface area contributed by atoms with Crippen LogP contribution < -0.4 is 9.64 Å². The Balaban J connectivity index is 1.67. The maximum absolute atomic E-state index is 12.9. The van der Waals surface area contributed by atoms with Crippen LogP contribution in [0.15, 0.2) is 47.8 Å². The van der Waals surface area contributed by atoms with Gasteiger partial charge in [0.15, 0.2) is 6.10 Å². The van der Waals surface area contributed by atoms with Crippen molar-refractivity contribution in [3.63, 3.8) is 0 Å². The summed E-state index contributed by atoms with van der Waals surface area (Å²) in [6, 6.07) is 12.0. The van der Waals surface area contributed by atoms with Gasteiger partial charge in [-0.25, -0.2) is 4.98 Å². The highest BCUT2D eigenvalue weighted by atomic mass is 32.1. The van der Waals surface area contributed by atoms with Crippen molar-refractivity contribution in [2.45, 2.75) is 39.3 Å². The molecule has 7 nitrogen and oxygen atoms in total. The second-order valence-electron chi connectivity index (χ2n) is 7.17. The lowest BCUT2D eigenvalue weighted by molar-refractivity contribution is -0.384. The third-order valence-corrected chi connectivity index (χ3v) is 5.88. The number of nitro groups is 1. The lowest BCUT2D eigenvalue weighted by Crippen LogP contribution is -2.44. The highest BCUT2D eigenvalue weighted by Crippen LogP contribution is 2.38. The van der Waals surface area contributed by atoms with E-state index >= 15 is 0 Å². The molecule has 1 aliphatic rings. The number of aryl methyl sites for hydroxylation is 1. The molecule has 0 aliphatic carbocycles. The maximum Gasteiger partial charge on any atom is 0.269 e. The Morgan fingerprint density at radius 2 is 2.00 bits per heavy atom. The third kappa shape index (κ3) is 3.91. The van der Waals surface area contributed by atoms with Gasteiger partial charge in [-0.15, -0.1) is 11.3 Å². The lowest BCUT2D eigenvalue weighted by Gasteiger charge is -2.33. The molecule has 0 saturated heterocycles. The van der Waals surface area contributed by atoms with Crippen molar-refractivity contribution in [3.8, 4) is 17.0 Å². The number of non-ortho nitro benzene ring substituents is 1. The third-order valence-electron chi connectivity index (χ3n) is 4.97. The fourth-order valence-corrected chi connectivity index (χ4v) is 4.32. The number of ether oxygens (including phenoxy) is 1. The van der Waals surface area contributed by atoms with Crippen molar-refractivity contribution in [1.29, 1.82) is 0 Å². The van der Waals surface area contributed by atoms with Crippen molar-refractivity contribution in [2.24, 2.45) is 0 Å². The van der Waals surface area contributed by atoms with Gasteiger partial charge in [-0.05, 0) is 43.5 Å². The fourth-order valence-electron chi connectivity index (χ4n) is 3.41. The molecule has 0 fully saturated rings. The van der Waals surface area contributed by atoms with Crippen molar-refractivity contribution < 1.29 is 14.5 Å². The summed E-state index contributed by atoms with van der Waals surface area (Å²) in [6.45, 7) is 4.15. The lowest BCUT2D eigenvalue weighted by atomic mass is 10.1. The van der Waals surface area contributed by atoms with Gasteiger partial charge in [0, 0.05) is 23.1 Å². The summed E-state index contributed by atoms with van der Waals surface area (Å²) in [7, 11) is 0. The molecule has 1 aromatic heterocycles. The standard InChI is InChI=1S/C22H21N3O4S/c1-3-4-21-23-18(13-30-21)16-7-10-20-19(11-16)24(22(26)14(2)29-20)12-15-5-8-17(9-6-15)25(27)28/h5-11,13-14H,3-4,12H2,1-2H3. The monoisotopic (exact) mass is 423 g/mol. The van der Waals surface area contributed by atoms with Crippen LogP contribution in [0.2, 0.25) is 0 Å². The first-order chi connectivity index (χ1) is 14.5. The molecule has 0 N–H and O–H groups in total. The van der Waals surface area contributed by atoms with E-state index in [0.717, 1.165) is 34.7 Å². The summed E-state index contributed by atoms with van der Waals surface area (Å²) in [4.78, 5) is 29.7. The molecule has 1 amide bonds. The molecule has 4 rings (SSSR count). The number of carbonyl (C=O) groups excluding carboxylic acids is 1. The second kappa shape index (κ2) is 8.23. The highest BCUT2D eigenvalue weighted by molar-refractivity contribution is 7.09. The van der Waals surface area contributed by atoms with Gasteiger partial charge in [0.25, 0.3) is 11.6 Å². The number of thiazole rings is 1. The molecule has 154 valence electrons. The number of fused-ring (bicyclic) bond motifs is 1. The largest absolute Gasteiger partial charge is 0.479 e. The Kier molecular flexibility index (Phi) is 5.50. The molecule has 0 bridgehead atoms. The minimum atomic E-state index is -0.600. The summed E-state index contributed by atoms with van der Waals surface area (Å²) in [6.07, 6.45) is 1.39. The number of hydrogen-bond acceptors (Lipinski definition) is 6. The zero-order valence-corrected chi connectivity index (χ0v) is 17.5. The smallest absolute Gasteiger partial charge is 0.269 e. The predicted molar refractivity (Wildman–Crippen MR) is 116 cm³/mol. The second-order valence-corrected chi connectivity index (χ2v) is 8.11. The summed E-state index contributed by atoms with van der Waals surface area (Å²) in [5.74, 6) is 0.486. The van der Waals surface area contributed by atoms with E-state index in [0.29, 0.717) is 18.0 Å². The van der Waals surface area contributed by atoms with E-state index in [1.807, 2.05) is 23.6 Å². The zero-order chi connectivity index (χ0) is 21.3. The van der Waals surface area contributed by atoms with Gasteiger partial charge < -0.3 is 9.64 Å². The number of hydrogen-bond donors (Lipinski definition) is 0. The Bertz CT molecular complexity index is 1090. The van der Waals surface area contributed by atoms with Crippen LogP contribution in [0.4, 0.5) is 11.4 Å². The van der Waals surface area contributed by atoms with Crippen LogP contribution in [0.5, 0.6) is 5.75 Å². The SMILES string of the molecule is CCCc1nc(-c2ccc3c(c2)N(Cc2ccc([N+](=O)[O-])cc2)C(=O)C(C)O3)cs1. The molecular formula is C22H21N3O4S. The first-order valence-corrected chi connectivity index (χ1v) is 10.6. The van der Waals surface area contributed by atoms with Gasteiger partial charge in [-0.2, -0.15) is 0 Å². The molecule has 0 saturated carbocycles. The molecule has 8 heteroatoms. The van der Waals surface area contributed by atoms with Gasteiger partial charge in [-0.3, -0.25) is 14.9 Å². The molecule has 2 heterocycles. The van der Waals surface area contributed by atoms with Crippen molar-refractivity contribution >= 4 is 28.6 Å². The average Bonchev–Trinajstić information content (AvgIpc) is 3.20. The number of benzene rings is 2. The maximum atomic E-state index is 12.9. The Labute approximate surface area is 178 Å². The van der Waals surface area contributed by atoms with Gasteiger partial charge >= 0.3 is 0 Å². The van der Waals surface area contributed by atoms with Gasteiger partial charge in [0.05, 0.1) is 27.9 Å². The van der Waals surface area contributed by atoms with Gasteiger partial charge in [-0.1, -0.05) is 19.1 Å². The number of rotatable bonds is 6. The molecule has 3 aromatic rings. The van der Waals surface area contributed by atoms with Crippen molar-refractivity contribution in [3.05, 3.63) is 68.5 Å². The van der Waals surface area contributed by atoms with Crippen LogP contribution in [-0.2, 0) is 17.8 Å². The summed E-state index contributed by atoms with van der Waals surface area (Å²) >= 11 is 1.64. The van der Waals surface area contributed by atoms with E-state index < -0.39 is 11.0 Å². The van der Waals surface area contributed by atoms with E-state index in [2.05, 4.69) is 6.92 Å². The molecular weight excluding hydrogens is 402 g/mol. The normalized spacial score (nSPS) is 15.6. The number of nitro benzene ring substituents is 1. The minimum Gasteiger partial charge on any atom is -0.479 e. The fraction of sp³-hybridized carbons (Fsp3) is 0.273. The highest BCUT2D eigenvalue weighted by Gasteiger charge is 2.32. The first kappa shape index (κ1) is 20.0. The molecule has 1 unspecified atom stereocenters. The molecule has 1 atom stereocenters. The van der Waals surface area contributed by atoms with Gasteiger partial charge in [0.2, 0.25) is 0 Å². The Morgan fingerprint density at radius 1 is 1.23 bits per heavy atom. The molecule has 0 spiro atoms. The summed E-state index contributed by atoms with van der Waals surface area (Å²) < 4.78 is 5.80. The molecule has 0 radical (unpaired) electrons.